The lowest BCUT2D eigenvalue weighted by molar-refractivity contribution is -0.143. The molecule has 1 heterocycles. The summed E-state index contributed by atoms with van der Waals surface area (Å²) < 4.78 is 83.7. The van der Waals surface area contributed by atoms with Gasteiger partial charge in [0.15, 0.2) is 0 Å². The summed E-state index contributed by atoms with van der Waals surface area (Å²) in [5.41, 5.74) is 2.78. The Morgan fingerprint density at radius 3 is 1.94 bits per heavy atom. The summed E-state index contributed by atoms with van der Waals surface area (Å²) in [6, 6.07) is 13.3. The molecule has 3 aromatic carbocycles. The molecule has 3 aromatic rings. The zero-order valence-electron chi connectivity index (χ0n) is 25.8. The maximum atomic E-state index is 13.1. The first-order chi connectivity index (χ1) is 22.4. The maximum Gasteiger partial charge on any atom is 0.416 e. The van der Waals surface area contributed by atoms with E-state index in [1.807, 2.05) is 24.3 Å². The van der Waals surface area contributed by atoms with Gasteiger partial charge in [0.25, 0.3) is 5.91 Å². The monoisotopic (exact) mass is 702 g/mol. The van der Waals surface area contributed by atoms with Crippen molar-refractivity contribution in [1.29, 1.82) is 0 Å². The number of benzene rings is 3. The number of urea groups is 1. The van der Waals surface area contributed by atoms with Gasteiger partial charge in [-0.1, -0.05) is 35.9 Å². The maximum absolute atomic E-state index is 13.1. The minimum Gasteiger partial charge on any atom is -0.495 e. The lowest BCUT2D eigenvalue weighted by Gasteiger charge is -2.35. The van der Waals surface area contributed by atoms with Crippen molar-refractivity contribution >= 4 is 35.2 Å². The molecule has 260 valence electrons. The first-order valence-electron chi connectivity index (χ1n) is 14.4. The van der Waals surface area contributed by atoms with Gasteiger partial charge in [0.1, 0.15) is 5.75 Å². The number of carboxylic acids is 1. The number of alkyl halides is 6. The second-order valence-corrected chi connectivity index (χ2v) is 11.2. The lowest BCUT2D eigenvalue weighted by atomic mass is 9.99. The Morgan fingerprint density at radius 1 is 0.917 bits per heavy atom. The molecule has 16 heteroatoms. The smallest absolute Gasteiger partial charge is 0.416 e. The number of nitrogens with zero attached hydrogens (tertiary/aromatic N) is 3. The van der Waals surface area contributed by atoms with Crippen LogP contribution in [0.25, 0.3) is 0 Å². The quantitative estimate of drug-likeness (QED) is 0.262. The molecule has 0 spiro atoms. The van der Waals surface area contributed by atoms with E-state index in [9.17, 15) is 40.7 Å². The number of carbonyl (C=O) groups excluding carboxylic acids is 2. The first kappa shape index (κ1) is 37.8. The lowest BCUT2D eigenvalue weighted by Crippen LogP contribution is -2.50. The van der Waals surface area contributed by atoms with Gasteiger partial charge in [0.2, 0.25) is 0 Å². The number of para-hydroxylation sites is 2. The highest BCUT2D eigenvalue weighted by Gasteiger charge is 2.38. The molecule has 0 aliphatic carbocycles. The molecule has 0 radical (unpaired) electrons. The molecular weight excluding hydrogens is 670 g/mol. The number of halogens is 7. The largest absolute Gasteiger partial charge is 0.495 e. The fraction of sp³-hybridized carbons (Fsp3) is 0.344. The van der Waals surface area contributed by atoms with Crippen LogP contribution in [0.2, 0.25) is 5.02 Å². The summed E-state index contributed by atoms with van der Waals surface area (Å²) in [6.07, 6.45) is -10.8. The van der Waals surface area contributed by atoms with Crippen molar-refractivity contribution < 1.29 is 50.6 Å². The predicted octanol–water partition coefficient (Wildman–Crippen LogP) is 6.43. The third-order valence-electron chi connectivity index (χ3n) is 7.51. The van der Waals surface area contributed by atoms with E-state index in [0.29, 0.717) is 35.8 Å². The Kier molecular flexibility index (Phi) is 12.6. The average molecular weight is 703 g/mol. The molecule has 1 fully saturated rings. The third kappa shape index (κ3) is 10.4. The molecule has 0 aromatic heterocycles. The Balaban J connectivity index is 0.000000308. The number of carboxylic acid groups (broad SMARTS) is 1. The SMILES string of the molecule is CN(C(=O)c1cc(C(F)(F)F)cc(C(F)(F)F)c1)C(CC(=O)O)Cc1ccc(Cl)cc1.COc1ccccc1N1CCN(C(N)=O)CC1. The Morgan fingerprint density at radius 2 is 1.46 bits per heavy atom. The van der Waals surface area contributed by atoms with Crippen LogP contribution in [0.5, 0.6) is 5.75 Å². The molecule has 1 aliphatic heterocycles. The number of likely N-dealkylation sites (N-methyl/N-ethyl adjacent to an activating group) is 1. The minimum absolute atomic E-state index is 0.00318. The van der Waals surface area contributed by atoms with Gasteiger partial charge in [-0.3, -0.25) is 9.59 Å². The van der Waals surface area contributed by atoms with Gasteiger partial charge >= 0.3 is 24.4 Å². The van der Waals surface area contributed by atoms with Crippen LogP contribution in [-0.2, 0) is 23.6 Å². The van der Waals surface area contributed by atoms with Crippen molar-refractivity contribution in [3.05, 3.63) is 94.0 Å². The van der Waals surface area contributed by atoms with Gasteiger partial charge in [-0.15, -0.1) is 0 Å². The van der Waals surface area contributed by atoms with E-state index in [-0.39, 0.29) is 18.5 Å². The molecule has 3 amide bonds. The second kappa shape index (κ2) is 16.0. The van der Waals surface area contributed by atoms with Crippen LogP contribution in [-0.4, -0.2) is 79.2 Å². The number of ether oxygens (including phenoxy) is 1. The Labute approximate surface area is 277 Å². The van der Waals surface area contributed by atoms with E-state index in [1.54, 1.807) is 24.1 Å². The fourth-order valence-electron chi connectivity index (χ4n) is 4.95. The number of piperazine rings is 1. The van der Waals surface area contributed by atoms with Crippen molar-refractivity contribution in [2.24, 2.45) is 5.73 Å². The number of anilines is 1. The summed E-state index contributed by atoms with van der Waals surface area (Å²) in [5, 5.41) is 9.56. The van der Waals surface area contributed by atoms with E-state index in [1.165, 1.54) is 12.1 Å². The zero-order chi connectivity index (χ0) is 35.8. The summed E-state index contributed by atoms with van der Waals surface area (Å²) in [7, 11) is 2.79. The molecule has 0 bridgehead atoms. The average Bonchev–Trinajstić information content (AvgIpc) is 3.04. The number of rotatable bonds is 8. The van der Waals surface area contributed by atoms with E-state index in [2.05, 4.69) is 4.90 Å². The Hall–Kier alpha value is -4.66. The molecule has 1 aliphatic rings. The van der Waals surface area contributed by atoms with Crippen LogP contribution < -0.4 is 15.4 Å². The molecule has 0 saturated carbocycles. The standard InChI is InChI=1S/C20H16ClF6NO3.C12H17N3O2/c1-28(16(10-17(29)30)6-11-2-4-15(21)5-3-11)18(31)12-7-13(19(22,23)24)9-14(8-12)20(25,26)27;1-17-11-5-3-2-4-10(11)14-6-8-15(9-7-14)12(13)16/h2-5,7-9,16H,6,10H2,1H3,(H,29,30);2-5H,6-9H2,1H3,(H2,13,16). The number of primary amides is 1. The summed E-state index contributed by atoms with van der Waals surface area (Å²) in [5.74, 6) is -1.60. The number of amides is 3. The summed E-state index contributed by atoms with van der Waals surface area (Å²) in [4.78, 5) is 39.7. The Bertz CT molecular complexity index is 1550. The number of hydrogen-bond donors (Lipinski definition) is 2. The third-order valence-corrected chi connectivity index (χ3v) is 7.77. The van der Waals surface area contributed by atoms with Gasteiger partial charge in [0.05, 0.1) is 30.3 Å². The van der Waals surface area contributed by atoms with Gasteiger partial charge in [-0.05, 0) is 54.4 Å². The van der Waals surface area contributed by atoms with Gasteiger partial charge in [-0.2, -0.15) is 26.3 Å². The van der Waals surface area contributed by atoms with Crippen LogP contribution in [0, 0.1) is 0 Å². The summed E-state index contributed by atoms with van der Waals surface area (Å²) >= 11 is 5.79. The van der Waals surface area contributed by atoms with Gasteiger partial charge < -0.3 is 30.3 Å². The normalized spacial score (nSPS) is 14.0. The van der Waals surface area contributed by atoms with Crippen molar-refractivity contribution in [2.45, 2.75) is 31.2 Å². The van der Waals surface area contributed by atoms with Crippen LogP contribution in [0.1, 0.15) is 33.5 Å². The van der Waals surface area contributed by atoms with E-state index in [0.717, 1.165) is 36.5 Å². The molecule has 1 unspecified atom stereocenters. The van der Waals surface area contributed by atoms with Crippen LogP contribution >= 0.6 is 11.6 Å². The van der Waals surface area contributed by atoms with Crippen molar-refractivity contribution in [3.8, 4) is 5.75 Å². The second-order valence-electron chi connectivity index (χ2n) is 10.8. The molecule has 1 saturated heterocycles. The fourth-order valence-corrected chi connectivity index (χ4v) is 5.07. The van der Waals surface area contributed by atoms with Gasteiger partial charge in [-0.25, -0.2) is 4.79 Å². The zero-order valence-corrected chi connectivity index (χ0v) is 26.6. The number of hydrogen-bond acceptors (Lipinski definition) is 5. The van der Waals surface area contributed by atoms with Gasteiger partial charge in [0, 0.05) is 49.9 Å². The summed E-state index contributed by atoms with van der Waals surface area (Å²) in [6.45, 7) is 2.88. The molecule has 3 N–H and O–H groups in total. The molecule has 4 rings (SSSR count). The number of nitrogens with two attached hydrogens (primary N) is 1. The molecular formula is C32H33ClF6N4O5. The topological polar surface area (TPSA) is 116 Å². The van der Waals surface area contributed by atoms with Crippen molar-refractivity contribution in [1.82, 2.24) is 9.80 Å². The number of methoxy groups -OCH3 is 1. The van der Waals surface area contributed by atoms with Crippen LogP contribution in [0.3, 0.4) is 0 Å². The highest BCUT2D eigenvalue weighted by Crippen LogP contribution is 2.37. The molecule has 48 heavy (non-hydrogen) atoms. The number of aliphatic carboxylic acids is 1. The van der Waals surface area contributed by atoms with E-state index >= 15 is 0 Å². The molecule has 9 nitrogen and oxygen atoms in total. The highest BCUT2D eigenvalue weighted by molar-refractivity contribution is 6.30. The van der Waals surface area contributed by atoms with E-state index < -0.39 is 53.4 Å². The number of carbonyl (C=O) groups is 3. The minimum atomic E-state index is -5.11. The van der Waals surface area contributed by atoms with Crippen LogP contribution in [0.15, 0.2) is 66.7 Å². The predicted molar refractivity (Wildman–Crippen MR) is 166 cm³/mol. The van der Waals surface area contributed by atoms with Crippen LogP contribution in [0.4, 0.5) is 36.8 Å². The highest BCUT2D eigenvalue weighted by atomic mass is 35.5. The van der Waals surface area contributed by atoms with Crippen molar-refractivity contribution in [2.75, 3.05) is 45.2 Å². The van der Waals surface area contributed by atoms with Crippen molar-refractivity contribution in [3.63, 3.8) is 0 Å². The van der Waals surface area contributed by atoms with E-state index in [4.69, 9.17) is 27.2 Å². The first-order valence-corrected chi connectivity index (χ1v) is 14.7. The molecule has 1 atom stereocenters.